The van der Waals surface area contributed by atoms with Crippen molar-refractivity contribution < 1.29 is 9.90 Å². The van der Waals surface area contributed by atoms with Crippen LogP contribution in [0.1, 0.15) is 21.6 Å². The summed E-state index contributed by atoms with van der Waals surface area (Å²) in [6.07, 6.45) is 0. The van der Waals surface area contributed by atoms with Gasteiger partial charge in [0.2, 0.25) is 0 Å². The number of phenols is 1. The van der Waals surface area contributed by atoms with Gasteiger partial charge in [-0.3, -0.25) is 4.79 Å². The Kier molecular flexibility index (Phi) is 3.37. The molecule has 0 saturated heterocycles. The van der Waals surface area contributed by atoms with E-state index in [1.165, 1.54) is 18.2 Å². The molecule has 1 heterocycles. The van der Waals surface area contributed by atoms with E-state index in [0.29, 0.717) is 11.5 Å². The van der Waals surface area contributed by atoms with Crippen molar-refractivity contribution in [2.75, 3.05) is 11.1 Å². The van der Waals surface area contributed by atoms with E-state index in [9.17, 15) is 9.90 Å². The van der Waals surface area contributed by atoms with Gasteiger partial charge < -0.3 is 16.2 Å². The maximum absolute atomic E-state index is 12.1. The molecule has 5 nitrogen and oxygen atoms in total. The first kappa shape index (κ1) is 12.9. The number of aryl methyl sites for hydroxylation is 2. The van der Waals surface area contributed by atoms with Crippen molar-refractivity contribution in [2.24, 2.45) is 0 Å². The van der Waals surface area contributed by atoms with E-state index in [4.69, 9.17) is 5.73 Å². The minimum absolute atomic E-state index is 0.00673. The minimum Gasteiger partial charge on any atom is -0.508 e. The molecule has 0 aliphatic carbocycles. The van der Waals surface area contributed by atoms with Crippen LogP contribution in [0, 0.1) is 13.8 Å². The number of rotatable bonds is 2. The van der Waals surface area contributed by atoms with Crippen LogP contribution < -0.4 is 11.1 Å². The van der Waals surface area contributed by atoms with Gasteiger partial charge in [-0.05, 0) is 49.7 Å². The van der Waals surface area contributed by atoms with E-state index in [-0.39, 0.29) is 11.3 Å². The fourth-order valence-corrected chi connectivity index (χ4v) is 1.83. The van der Waals surface area contributed by atoms with Gasteiger partial charge in [-0.25, -0.2) is 4.98 Å². The zero-order valence-electron chi connectivity index (χ0n) is 10.8. The van der Waals surface area contributed by atoms with Gasteiger partial charge in [0, 0.05) is 11.4 Å². The Bertz CT molecular complexity index is 618. The Balaban J connectivity index is 2.28. The summed E-state index contributed by atoms with van der Waals surface area (Å²) in [6, 6.07) is 7.93. The van der Waals surface area contributed by atoms with Crippen LogP contribution in [-0.4, -0.2) is 16.0 Å². The number of pyridine rings is 1. The summed E-state index contributed by atoms with van der Waals surface area (Å²) < 4.78 is 0. The quantitative estimate of drug-likeness (QED) is 0.568. The number of nitrogens with zero attached hydrogens (tertiary/aromatic N) is 1. The summed E-state index contributed by atoms with van der Waals surface area (Å²) in [5.74, 6) is 0.0591. The topological polar surface area (TPSA) is 88.2 Å². The maximum Gasteiger partial charge on any atom is 0.259 e. The number of carbonyl (C=O) groups excluding carboxylic acids is 1. The molecule has 0 saturated carbocycles. The second kappa shape index (κ2) is 4.97. The van der Waals surface area contributed by atoms with E-state index >= 15 is 0 Å². The molecule has 0 spiro atoms. The summed E-state index contributed by atoms with van der Waals surface area (Å²) in [4.78, 5) is 16.3. The molecular formula is C14H15N3O2. The lowest BCUT2D eigenvalue weighted by Gasteiger charge is -2.08. The molecule has 4 N–H and O–H groups in total. The number of hydrogen-bond donors (Lipinski definition) is 3. The van der Waals surface area contributed by atoms with Crippen LogP contribution in [0.25, 0.3) is 0 Å². The lowest BCUT2D eigenvalue weighted by molar-refractivity contribution is 0.102. The Hall–Kier alpha value is -2.56. The Morgan fingerprint density at radius 1 is 1.26 bits per heavy atom. The van der Waals surface area contributed by atoms with Crippen molar-refractivity contribution in [1.82, 2.24) is 4.98 Å². The molecular weight excluding hydrogens is 242 g/mol. The average molecular weight is 257 g/mol. The van der Waals surface area contributed by atoms with Crippen LogP contribution in [0.4, 0.5) is 11.5 Å². The number of benzene rings is 1. The number of nitrogens with two attached hydrogens (primary N) is 1. The van der Waals surface area contributed by atoms with Crippen molar-refractivity contribution in [2.45, 2.75) is 13.8 Å². The molecule has 1 amide bonds. The van der Waals surface area contributed by atoms with Crippen molar-refractivity contribution in [3.63, 3.8) is 0 Å². The smallest absolute Gasteiger partial charge is 0.259 e. The highest BCUT2D eigenvalue weighted by Crippen LogP contribution is 2.20. The third-order valence-electron chi connectivity index (χ3n) is 2.62. The van der Waals surface area contributed by atoms with E-state index in [1.54, 1.807) is 6.07 Å². The standard InChI is InChI=1S/C14H15N3O2/c1-8-5-9(2)16-13(6-8)17-14(19)11-7-10(18)3-4-12(11)15/h3-7,18H,15H2,1-2H3,(H,16,17,19). The fraction of sp³-hybridized carbons (Fsp3) is 0.143. The molecule has 1 aromatic carbocycles. The summed E-state index contributed by atoms with van der Waals surface area (Å²) in [7, 11) is 0. The number of phenolic OH excluding ortho intramolecular Hbond substituents is 1. The number of hydrogen-bond acceptors (Lipinski definition) is 4. The van der Waals surface area contributed by atoms with Gasteiger partial charge in [-0.2, -0.15) is 0 Å². The van der Waals surface area contributed by atoms with Crippen LogP contribution in [-0.2, 0) is 0 Å². The second-order valence-electron chi connectivity index (χ2n) is 4.40. The highest BCUT2D eigenvalue weighted by molar-refractivity contribution is 6.07. The molecule has 2 aromatic rings. The average Bonchev–Trinajstić information content (AvgIpc) is 2.30. The van der Waals surface area contributed by atoms with Gasteiger partial charge in [-0.15, -0.1) is 0 Å². The monoisotopic (exact) mass is 257 g/mol. The molecule has 2 rings (SSSR count). The number of amides is 1. The molecule has 98 valence electrons. The Labute approximate surface area is 111 Å². The molecule has 0 unspecified atom stereocenters. The normalized spacial score (nSPS) is 10.2. The van der Waals surface area contributed by atoms with E-state index < -0.39 is 5.91 Å². The fourth-order valence-electron chi connectivity index (χ4n) is 1.83. The van der Waals surface area contributed by atoms with Gasteiger partial charge >= 0.3 is 0 Å². The molecule has 0 atom stereocenters. The highest BCUT2D eigenvalue weighted by Gasteiger charge is 2.11. The predicted molar refractivity (Wildman–Crippen MR) is 74.2 cm³/mol. The number of anilines is 2. The summed E-state index contributed by atoms with van der Waals surface area (Å²) in [6.45, 7) is 3.78. The van der Waals surface area contributed by atoms with Gasteiger partial charge in [-0.1, -0.05) is 0 Å². The van der Waals surface area contributed by atoms with E-state index in [0.717, 1.165) is 11.3 Å². The van der Waals surface area contributed by atoms with Crippen LogP contribution in [0.5, 0.6) is 5.75 Å². The molecule has 0 bridgehead atoms. The summed E-state index contributed by atoms with van der Waals surface area (Å²) >= 11 is 0. The maximum atomic E-state index is 12.1. The van der Waals surface area contributed by atoms with Crippen LogP contribution in [0.15, 0.2) is 30.3 Å². The highest BCUT2D eigenvalue weighted by atomic mass is 16.3. The minimum atomic E-state index is -0.397. The molecule has 19 heavy (non-hydrogen) atoms. The second-order valence-corrected chi connectivity index (χ2v) is 4.40. The van der Waals surface area contributed by atoms with Crippen molar-refractivity contribution in [1.29, 1.82) is 0 Å². The molecule has 0 aliphatic heterocycles. The first-order valence-electron chi connectivity index (χ1n) is 5.81. The van der Waals surface area contributed by atoms with Crippen molar-refractivity contribution in [3.05, 3.63) is 47.2 Å². The number of nitrogen functional groups attached to an aromatic ring is 1. The summed E-state index contributed by atoms with van der Waals surface area (Å²) in [5.41, 5.74) is 8.06. The predicted octanol–water partition coefficient (Wildman–Crippen LogP) is 2.24. The van der Waals surface area contributed by atoms with Crippen LogP contribution in [0.3, 0.4) is 0 Å². The first-order chi connectivity index (χ1) is 8.95. The van der Waals surface area contributed by atoms with Gasteiger partial charge in [0.05, 0.1) is 5.56 Å². The first-order valence-corrected chi connectivity index (χ1v) is 5.81. The zero-order chi connectivity index (χ0) is 14.0. The number of aromatic hydroxyl groups is 1. The number of carbonyl (C=O) groups is 1. The third-order valence-corrected chi connectivity index (χ3v) is 2.62. The molecule has 0 fully saturated rings. The van der Waals surface area contributed by atoms with Crippen LogP contribution >= 0.6 is 0 Å². The number of aromatic nitrogens is 1. The molecule has 1 aromatic heterocycles. The van der Waals surface area contributed by atoms with E-state index in [1.807, 2.05) is 19.9 Å². The Morgan fingerprint density at radius 3 is 2.68 bits per heavy atom. The summed E-state index contributed by atoms with van der Waals surface area (Å²) in [5, 5.41) is 12.1. The van der Waals surface area contributed by atoms with Crippen molar-refractivity contribution >= 4 is 17.4 Å². The molecule has 5 heteroatoms. The lowest BCUT2D eigenvalue weighted by atomic mass is 10.1. The molecule has 0 aliphatic rings. The largest absolute Gasteiger partial charge is 0.508 e. The van der Waals surface area contributed by atoms with E-state index in [2.05, 4.69) is 10.3 Å². The lowest BCUT2D eigenvalue weighted by Crippen LogP contribution is -2.15. The Morgan fingerprint density at radius 2 is 2.00 bits per heavy atom. The van der Waals surface area contributed by atoms with Crippen LogP contribution in [0.2, 0.25) is 0 Å². The van der Waals surface area contributed by atoms with Gasteiger partial charge in [0.1, 0.15) is 11.6 Å². The molecule has 0 radical (unpaired) electrons. The van der Waals surface area contributed by atoms with Gasteiger partial charge in [0.15, 0.2) is 0 Å². The van der Waals surface area contributed by atoms with Gasteiger partial charge in [0.25, 0.3) is 5.91 Å². The SMILES string of the molecule is Cc1cc(C)nc(NC(=O)c2cc(O)ccc2N)c1. The zero-order valence-corrected chi connectivity index (χ0v) is 10.8. The third kappa shape index (κ3) is 3.01. The van der Waals surface area contributed by atoms with Crippen molar-refractivity contribution in [3.8, 4) is 5.75 Å². The number of nitrogens with one attached hydrogen (secondary N) is 1.